The zero-order chi connectivity index (χ0) is 15.6. The topological polar surface area (TPSA) is 89.3 Å². The third-order valence-corrected chi connectivity index (χ3v) is 4.72. The summed E-state index contributed by atoms with van der Waals surface area (Å²) < 4.78 is 27.0. The Hall–Kier alpha value is -2.05. The molecule has 0 atom stereocenters. The molecule has 2 aromatic rings. The third kappa shape index (κ3) is 3.34. The zero-order valence-corrected chi connectivity index (χ0v) is 12.7. The molecule has 0 saturated carbocycles. The van der Waals surface area contributed by atoms with Gasteiger partial charge in [-0.2, -0.15) is 0 Å². The quantitative estimate of drug-likeness (QED) is 0.905. The highest BCUT2D eigenvalue weighted by Crippen LogP contribution is 2.24. The Morgan fingerprint density at radius 3 is 2.43 bits per heavy atom. The molecule has 0 saturated heterocycles. The molecule has 0 unspecified atom stereocenters. The molecule has 7 heteroatoms. The smallest absolute Gasteiger partial charge is 0.262 e. The van der Waals surface area contributed by atoms with Gasteiger partial charge in [0.15, 0.2) is 0 Å². The molecule has 2 aromatic carbocycles. The second kappa shape index (κ2) is 5.75. The number of sulfonamides is 1. The first-order valence-corrected chi connectivity index (χ1v) is 7.85. The van der Waals surface area contributed by atoms with Gasteiger partial charge in [0.05, 0.1) is 21.2 Å². The molecule has 110 valence electrons. The average Bonchev–Trinajstić information content (AvgIpc) is 2.38. The van der Waals surface area contributed by atoms with Gasteiger partial charge >= 0.3 is 0 Å². The van der Waals surface area contributed by atoms with Gasteiger partial charge in [-0.15, -0.1) is 0 Å². The fourth-order valence-electron chi connectivity index (χ4n) is 1.85. The highest BCUT2D eigenvalue weighted by Gasteiger charge is 2.17. The summed E-state index contributed by atoms with van der Waals surface area (Å²) in [7, 11) is -3.72. The average molecular weight is 325 g/mol. The Morgan fingerprint density at radius 2 is 1.86 bits per heavy atom. The van der Waals surface area contributed by atoms with E-state index >= 15 is 0 Å². The standard InChI is InChI=1S/C14H13ClN2O3S/c1-9-4-2-3-5-13(9)21(19,20)17-10-6-7-11(14(16)18)12(15)8-10/h2-8,17H,1H3,(H2,16,18). The lowest BCUT2D eigenvalue weighted by molar-refractivity contribution is 0.100. The number of benzene rings is 2. The number of nitrogens with one attached hydrogen (secondary N) is 1. The summed E-state index contributed by atoms with van der Waals surface area (Å²) in [4.78, 5) is 11.3. The summed E-state index contributed by atoms with van der Waals surface area (Å²) in [6.07, 6.45) is 0. The SMILES string of the molecule is Cc1ccccc1S(=O)(=O)Nc1ccc(C(N)=O)c(Cl)c1. The van der Waals surface area contributed by atoms with Crippen LogP contribution in [0.15, 0.2) is 47.4 Å². The van der Waals surface area contributed by atoms with Crippen LogP contribution in [0.25, 0.3) is 0 Å². The van der Waals surface area contributed by atoms with Gasteiger partial charge in [-0.3, -0.25) is 9.52 Å². The van der Waals surface area contributed by atoms with E-state index in [9.17, 15) is 13.2 Å². The van der Waals surface area contributed by atoms with Crippen molar-refractivity contribution in [1.82, 2.24) is 0 Å². The van der Waals surface area contributed by atoms with Crippen LogP contribution in [0.1, 0.15) is 15.9 Å². The van der Waals surface area contributed by atoms with Crippen molar-refractivity contribution in [2.75, 3.05) is 4.72 Å². The zero-order valence-electron chi connectivity index (χ0n) is 11.1. The minimum atomic E-state index is -3.72. The van der Waals surface area contributed by atoms with E-state index in [0.29, 0.717) is 5.56 Å². The molecule has 0 heterocycles. The van der Waals surface area contributed by atoms with Crippen molar-refractivity contribution < 1.29 is 13.2 Å². The van der Waals surface area contributed by atoms with E-state index < -0.39 is 15.9 Å². The Morgan fingerprint density at radius 1 is 1.19 bits per heavy atom. The highest BCUT2D eigenvalue weighted by atomic mass is 35.5. The van der Waals surface area contributed by atoms with Crippen molar-refractivity contribution >= 4 is 33.2 Å². The summed E-state index contributed by atoms with van der Waals surface area (Å²) in [6.45, 7) is 1.71. The maximum atomic E-state index is 12.3. The van der Waals surface area contributed by atoms with Crippen LogP contribution < -0.4 is 10.5 Å². The lowest BCUT2D eigenvalue weighted by Crippen LogP contribution is -2.15. The molecule has 2 rings (SSSR count). The van der Waals surface area contributed by atoms with E-state index in [0.717, 1.165) is 0 Å². The minimum absolute atomic E-state index is 0.0903. The number of carbonyl (C=O) groups is 1. The van der Waals surface area contributed by atoms with Crippen LogP contribution in [-0.2, 0) is 10.0 Å². The fraction of sp³-hybridized carbons (Fsp3) is 0.0714. The number of halogens is 1. The van der Waals surface area contributed by atoms with Crippen molar-refractivity contribution in [3.8, 4) is 0 Å². The van der Waals surface area contributed by atoms with E-state index in [1.807, 2.05) is 0 Å². The van der Waals surface area contributed by atoms with E-state index in [1.165, 1.54) is 24.3 Å². The Labute approximate surface area is 127 Å². The van der Waals surface area contributed by atoms with Crippen molar-refractivity contribution in [2.45, 2.75) is 11.8 Å². The van der Waals surface area contributed by atoms with Gasteiger partial charge in [-0.1, -0.05) is 29.8 Å². The first-order valence-electron chi connectivity index (χ1n) is 5.99. The van der Waals surface area contributed by atoms with Crippen molar-refractivity contribution in [2.24, 2.45) is 5.73 Å². The predicted octanol–water partition coefficient (Wildman–Crippen LogP) is 2.55. The van der Waals surface area contributed by atoms with Crippen molar-refractivity contribution in [3.63, 3.8) is 0 Å². The summed E-state index contributed by atoms with van der Waals surface area (Å²) >= 11 is 5.89. The van der Waals surface area contributed by atoms with E-state index in [1.54, 1.807) is 25.1 Å². The molecule has 1 amide bonds. The minimum Gasteiger partial charge on any atom is -0.366 e. The molecule has 0 fully saturated rings. The Kier molecular flexibility index (Phi) is 4.20. The summed E-state index contributed by atoms with van der Waals surface area (Å²) in [5.41, 5.74) is 6.16. The second-order valence-corrected chi connectivity index (χ2v) is 6.49. The van der Waals surface area contributed by atoms with Crippen LogP contribution in [-0.4, -0.2) is 14.3 Å². The van der Waals surface area contributed by atoms with Gasteiger partial charge in [0.25, 0.3) is 10.0 Å². The molecule has 0 radical (unpaired) electrons. The molecule has 0 aromatic heterocycles. The number of nitrogens with two attached hydrogens (primary N) is 1. The van der Waals surface area contributed by atoms with Crippen LogP contribution in [0.5, 0.6) is 0 Å². The van der Waals surface area contributed by atoms with Gasteiger partial charge in [-0.25, -0.2) is 8.42 Å². The first-order chi connectivity index (χ1) is 9.81. The lowest BCUT2D eigenvalue weighted by atomic mass is 10.2. The highest BCUT2D eigenvalue weighted by molar-refractivity contribution is 7.92. The van der Waals surface area contributed by atoms with E-state index in [4.69, 9.17) is 17.3 Å². The molecular weight excluding hydrogens is 312 g/mol. The Balaban J connectivity index is 2.36. The number of hydrogen-bond acceptors (Lipinski definition) is 3. The van der Waals surface area contributed by atoms with E-state index in [-0.39, 0.29) is 21.2 Å². The maximum Gasteiger partial charge on any atom is 0.262 e. The van der Waals surface area contributed by atoms with Gasteiger partial charge in [0.1, 0.15) is 0 Å². The third-order valence-electron chi connectivity index (χ3n) is 2.87. The Bertz CT molecular complexity index is 804. The molecule has 0 aliphatic heterocycles. The number of rotatable bonds is 4. The number of amides is 1. The monoisotopic (exact) mass is 324 g/mol. The molecule has 3 N–H and O–H groups in total. The van der Waals surface area contributed by atoms with E-state index in [2.05, 4.69) is 4.72 Å². The lowest BCUT2D eigenvalue weighted by Gasteiger charge is -2.11. The van der Waals surface area contributed by atoms with Crippen molar-refractivity contribution in [1.29, 1.82) is 0 Å². The largest absolute Gasteiger partial charge is 0.366 e. The molecule has 5 nitrogen and oxygen atoms in total. The molecule has 0 spiro atoms. The van der Waals surface area contributed by atoms with Gasteiger partial charge in [-0.05, 0) is 36.8 Å². The van der Waals surface area contributed by atoms with Crippen LogP contribution in [0.2, 0.25) is 5.02 Å². The summed E-state index contributed by atoms with van der Waals surface area (Å²) in [5.74, 6) is -0.673. The number of hydrogen-bond donors (Lipinski definition) is 2. The van der Waals surface area contributed by atoms with Crippen LogP contribution in [0.4, 0.5) is 5.69 Å². The maximum absolute atomic E-state index is 12.3. The van der Waals surface area contributed by atoms with Gasteiger partial charge in [0.2, 0.25) is 5.91 Å². The first kappa shape index (κ1) is 15.3. The number of aryl methyl sites for hydroxylation is 1. The summed E-state index contributed by atoms with van der Waals surface area (Å²) in [5, 5.41) is 0.0903. The second-order valence-electron chi connectivity index (χ2n) is 4.43. The van der Waals surface area contributed by atoms with Crippen molar-refractivity contribution in [3.05, 3.63) is 58.6 Å². The number of primary amides is 1. The molecule has 0 aliphatic rings. The predicted molar refractivity (Wildman–Crippen MR) is 82.0 cm³/mol. The normalized spacial score (nSPS) is 11.1. The van der Waals surface area contributed by atoms with Crippen LogP contribution in [0, 0.1) is 6.92 Å². The van der Waals surface area contributed by atoms with Crippen LogP contribution >= 0.6 is 11.6 Å². The number of anilines is 1. The molecule has 0 bridgehead atoms. The van der Waals surface area contributed by atoms with Gasteiger partial charge < -0.3 is 5.73 Å². The molecular formula is C14H13ClN2O3S. The van der Waals surface area contributed by atoms with Crippen LogP contribution in [0.3, 0.4) is 0 Å². The molecule has 0 aliphatic carbocycles. The molecule has 21 heavy (non-hydrogen) atoms. The van der Waals surface area contributed by atoms with Gasteiger partial charge in [0, 0.05) is 0 Å². The number of carbonyl (C=O) groups excluding carboxylic acids is 1. The summed E-state index contributed by atoms with van der Waals surface area (Å²) in [6, 6.07) is 10.8. The fourth-order valence-corrected chi connectivity index (χ4v) is 3.42.